The smallest absolute Gasteiger partial charge is 0.288 e. The molecule has 9 heteroatoms. The van der Waals surface area contributed by atoms with E-state index in [0.717, 1.165) is 11.3 Å². The number of anilines is 1. The number of benzene rings is 1. The van der Waals surface area contributed by atoms with Gasteiger partial charge in [0, 0.05) is 47.1 Å². The van der Waals surface area contributed by atoms with Gasteiger partial charge in [-0.15, -0.1) is 0 Å². The Morgan fingerprint density at radius 3 is 2.62 bits per heavy atom. The maximum atomic E-state index is 13.5. The number of allylic oxidation sites excluding steroid dienone is 3. The number of nitrogens with one attached hydrogen (secondary N) is 2. The number of hydrogen-bond donors (Lipinski definition) is 2. The molecule has 1 atom stereocenters. The van der Waals surface area contributed by atoms with Gasteiger partial charge in [0.25, 0.3) is 11.6 Å². The number of dihydropyridines is 1. The summed E-state index contributed by atoms with van der Waals surface area (Å²) < 4.78 is 0. The van der Waals surface area contributed by atoms with Crippen molar-refractivity contribution < 1.29 is 14.5 Å². The Bertz CT molecular complexity index is 1280. The Kier molecular flexibility index (Phi) is 6.03. The van der Waals surface area contributed by atoms with Gasteiger partial charge in [-0.3, -0.25) is 19.7 Å². The van der Waals surface area contributed by atoms with E-state index < -0.39 is 16.7 Å². The zero-order valence-corrected chi connectivity index (χ0v) is 20.1. The molecule has 0 fully saturated rings. The maximum Gasteiger partial charge on any atom is 0.288 e. The van der Waals surface area contributed by atoms with Gasteiger partial charge in [0.1, 0.15) is 10.8 Å². The van der Waals surface area contributed by atoms with Crippen molar-refractivity contribution >= 4 is 34.8 Å². The topological polar surface area (TPSA) is 114 Å². The van der Waals surface area contributed by atoms with E-state index in [1.165, 1.54) is 12.1 Å². The molecule has 0 saturated heterocycles. The molecule has 0 radical (unpaired) electrons. The molecule has 0 bridgehead atoms. The number of amides is 1. The average molecular weight is 481 g/mol. The number of nitro groups is 1. The third-order valence-corrected chi connectivity index (χ3v) is 6.46. The van der Waals surface area contributed by atoms with Crippen LogP contribution in [0.2, 0.25) is 5.02 Å². The summed E-state index contributed by atoms with van der Waals surface area (Å²) in [4.78, 5) is 42.1. The van der Waals surface area contributed by atoms with Crippen LogP contribution < -0.4 is 10.6 Å². The fourth-order valence-electron chi connectivity index (χ4n) is 4.64. The first-order valence-electron chi connectivity index (χ1n) is 10.9. The van der Waals surface area contributed by atoms with Crippen LogP contribution in [0.1, 0.15) is 50.7 Å². The van der Waals surface area contributed by atoms with E-state index >= 15 is 0 Å². The second-order valence-corrected chi connectivity index (χ2v) is 9.98. The molecule has 1 aromatic heterocycles. The van der Waals surface area contributed by atoms with Crippen LogP contribution in [0.4, 0.5) is 11.5 Å². The van der Waals surface area contributed by atoms with E-state index in [1.54, 1.807) is 25.3 Å². The quantitative estimate of drug-likeness (QED) is 0.459. The largest absolute Gasteiger partial charge is 0.362 e. The molecule has 8 nitrogen and oxygen atoms in total. The Morgan fingerprint density at radius 2 is 1.97 bits per heavy atom. The third kappa shape index (κ3) is 4.46. The lowest BCUT2D eigenvalue weighted by molar-refractivity contribution is -0.384. The van der Waals surface area contributed by atoms with Gasteiger partial charge in [0.2, 0.25) is 0 Å². The van der Waals surface area contributed by atoms with Crippen LogP contribution in [0.5, 0.6) is 0 Å². The van der Waals surface area contributed by atoms with Gasteiger partial charge in [-0.05, 0) is 48.9 Å². The first-order valence-corrected chi connectivity index (χ1v) is 11.3. The van der Waals surface area contributed by atoms with Gasteiger partial charge in [0.05, 0.1) is 4.92 Å². The minimum atomic E-state index is -0.777. The summed E-state index contributed by atoms with van der Waals surface area (Å²) in [5.41, 5.74) is 2.98. The van der Waals surface area contributed by atoms with Gasteiger partial charge < -0.3 is 10.6 Å². The van der Waals surface area contributed by atoms with Crippen molar-refractivity contribution in [3.63, 3.8) is 0 Å². The van der Waals surface area contributed by atoms with Crippen LogP contribution in [0.3, 0.4) is 0 Å². The number of aryl methyl sites for hydroxylation is 1. The predicted molar refractivity (Wildman–Crippen MR) is 129 cm³/mol. The molecule has 176 valence electrons. The Balaban J connectivity index is 1.85. The van der Waals surface area contributed by atoms with Gasteiger partial charge >= 0.3 is 0 Å². The number of carbonyl (C=O) groups excluding carboxylic acids is 2. The number of nitro benzene ring substituents is 1. The van der Waals surface area contributed by atoms with Crippen LogP contribution in [0.15, 0.2) is 59.1 Å². The highest BCUT2D eigenvalue weighted by molar-refractivity contribution is 6.32. The van der Waals surface area contributed by atoms with Gasteiger partial charge in [-0.2, -0.15) is 0 Å². The van der Waals surface area contributed by atoms with Crippen molar-refractivity contribution in [1.29, 1.82) is 0 Å². The van der Waals surface area contributed by atoms with Crippen molar-refractivity contribution in [2.45, 2.75) is 46.5 Å². The molecule has 1 aliphatic carbocycles. The summed E-state index contributed by atoms with van der Waals surface area (Å²) in [5, 5.41) is 17.6. The number of rotatable bonds is 4. The van der Waals surface area contributed by atoms with Crippen LogP contribution in [-0.2, 0) is 9.59 Å². The molecule has 1 amide bonds. The van der Waals surface area contributed by atoms with Gasteiger partial charge in [-0.25, -0.2) is 4.98 Å². The maximum absolute atomic E-state index is 13.5. The Labute approximate surface area is 202 Å². The molecule has 1 aliphatic heterocycles. The van der Waals surface area contributed by atoms with Crippen LogP contribution in [-0.4, -0.2) is 21.6 Å². The second-order valence-electron chi connectivity index (χ2n) is 9.57. The molecule has 0 saturated carbocycles. The number of Topliss-reactive ketones (excluding diaryl/α,β-unsaturated/α-hetero) is 1. The first-order chi connectivity index (χ1) is 16.0. The van der Waals surface area contributed by atoms with E-state index in [9.17, 15) is 19.7 Å². The van der Waals surface area contributed by atoms with Gasteiger partial charge in [-0.1, -0.05) is 37.6 Å². The standard InChI is InChI=1S/C25H25ClN4O4/c1-13-5-8-20(27-12-13)29-24(32)21-14(2)28-17-10-25(3,4)11-19(31)23(17)22(21)15-6-7-16(26)18(9-15)30(33)34/h5-9,12,22,28H,10-11H2,1-4H3,(H,27,29,32)/t22-/m0/s1. The van der Waals surface area contributed by atoms with Crippen molar-refractivity contribution in [3.05, 3.63) is 85.3 Å². The monoisotopic (exact) mass is 480 g/mol. The summed E-state index contributed by atoms with van der Waals surface area (Å²) in [5.74, 6) is -0.936. The van der Waals surface area contributed by atoms with E-state index in [-0.39, 0.29) is 21.9 Å². The fraction of sp³-hybridized carbons (Fsp3) is 0.320. The van der Waals surface area contributed by atoms with E-state index in [4.69, 9.17) is 11.6 Å². The van der Waals surface area contributed by atoms with Crippen LogP contribution in [0, 0.1) is 22.5 Å². The lowest BCUT2D eigenvalue weighted by Crippen LogP contribution is -2.39. The first kappa shape index (κ1) is 23.6. The van der Waals surface area contributed by atoms with Crippen LogP contribution in [0.25, 0.3) is 0 Å². The highest BCUT2D eigenvalue weighted by Gasteiger charge is 2.43. The number of ketones is 1. The lowest BCUT2D eigenvalue weighted by atomic mass is 9.68. The number of halogens is 1. The summed E-state index contributed by atoms with van der Waals surface area (Å²) in [7, 11) is 0. The lowest BCUT2D eigenvalue weighted by Gasteiger charge is -2.39. The second kappa shape index (κ2) is 8.68. The summed E-state index contributed by atoms with van der Waals surface area (Å²) in [6.07, 6.45) is 2.57. The minimum absolute atomic E-state index is 0.0106. The van der Waals surface area contributed by atoms with E-state index in [0.29, 0.717) is 41.1 Å². The fourth-order valence-corrected chi connectivity index (χ4v) is 4.83. The number of aromatic nitrogens is 1. The van der Waals surface area contributed by atoms with Gasteiger partial charge in [0.15, 0.2) is 5.78 Å². The molecule has 4 rings (SSSR count). The highest BCUT2D eigenvalue weighted by atomic mass is 35.5. The zero-order valence-electron chi connectivity index (χ0n) is 19.4. The number of nitrogens with zero attached hydrogens (tertiary/aromatic N) is 2. The molecule has 2 aliphatic rings. The SMILES string of the molecule is CC1=C(C(=O)Nc2ccc(C)cn2)[C@H](c2ccc(Cl)c([N+](=O)[O-])c2)C2=C(CC(C)(C)CC2=O)N1. The Morgan fingerprint density at radius 1 is 1.24 bits per heavy atom. The van der Waals surface area contributed by atoms with Crippen molar-refractivity contribution in [1.82, 2.24) is 10.3 Å². The molecular formula is C25H25ClN4O4. The number of pyridine rings is 1. The number of hydrogen-bond acceptors (Lipinski definition) is 6. The summed E-state index contributed by atoms with van der Waals surface area (Å²) in [6, 6.07) is 7.94. The zero-order chi connectivity index (χ0) is 24.8. The molecular weight excluding hydrogens is 456 g/mol. The Hall–Kier alpha value is -3.52. The van der Waals surface area contributed by atoms with Crippen molar-refractivity contribution in [2.75, 3.05) is 5.32 Å². The van der Waals surface area contributed by atoms with E-state index in [1.807, 2.05) is 26.8 Å². The van der Waals surface area contributed by atoms with Crippen LogP contribution >= 0.6 is 11.6 Å². The van der Waals surface area contributed by atoms with Crippen molar-refractivity contribution in [3.8, 4) is 0 Å². The number of carbonyl (C=O) groups is 2. The normalized spacial score (nSPS) is 19.4. The molecule has 1 aromatic carbocycles. The average Bonchev–Trinajstić information content (AvgIpc) is 2.73. The molecule has 2 aromatic rings. The molecule has 34 heavy (non-hydrogen) atoms. The third-order valence-electron chi connectivity index (χ3n) is 6.14. The van der Waals surface area contributed by atoms with Crippen molar-refractivity contribution in [2.24, 2.45) is 5.41 Å². The summed E-state index contributed by atoms with van der Waals surface area (Å²) in [6.45, 7) is 7.69. The summed E-state index contributed by atoms with van der Waals surface area (Å²) >= 11 is 6.05. The highest BCUT2D eigenvalue weighted by Crippen LogP contribution is 2.47. The minimum Gasteiger partial charge on any atom is -0.362 e. The molecule has 0 unspecified atom stereocenters. The molecule has 2 heterocycles. The molecule has 0 spiro atoms. The molecule has 2 N–H and O–H groups in total. The van der Waals surface area contributed by atoms with E-state index in [2.05, 4.69) is 15.6 Å². The predicted octanol–water partition coefficient (Wildman–Crippen LogP) is 5.19.